The number of aryl methyl sites for hydroxylation is 1. The molecule has 1 atom stereocenters. The third kappa shape index (κ3) is 2.33. The van der Waals surface area contributed by atoms with Crippen molar-refractivity contribution < 1.29 is 9.59 Å². The molecule has 1 N–H and O–H groups in total. The summed E-state index contributed by atoms with van der Waals surface area (Å²) in [6, 6.07) is 14.0. The first kappa shape index (κ1) is 18.9. The van der Waals surface area contributed by atoms with Gasteiger partial charge in [0.15, 0.2) is 5.78 Å². The largest absolute Gasteiger partial charge is 0.358 e. The van der Waals surface area contributed by atoms with E-state index in [0.717, 1.165) is 40.2 Å². The number of rotatable bonds is 2. The van der Waals surface area contributed by atoms with E-state index in [0.29, 0.717) is 18.5 Å². The highest BCUT2D eigenvalue weighted by molar-refractivity contribution is 6.21. The van der Waals surface area contributed by atoms with Gasteiger partial charge in [-0.25, -0.2) is 0 Å². The fourth-order valence-corrected chi connectivity index (χ4v) is 5.50. The van der Waals surface area contributed by atoms with Crippen molar-refractivity contribution in [2.24, 2.45) is 5.41 Å². The van der Waals surface area contributed by atoms with Gasteiger partial charge in [0, 0.05) is 46.7 Å². The van der Waals surface area contributed by atoms with Crippen LogP contribution in [0.4, 0.5) is 11.4 Å². The Kier molecular flexibility index (Phi) is 3.88. The number of carbonyl (C=O) groups excluding carboxylic acids is 2. The van der Waals surface area contributed by atoms with E-state index in [4.69, 9.17) is 0 Å². The van der Waals surface area contributed by atoms with Gasteiger partial charge in [-0.2, -0.15) is 0 Å². The van der Waals surface area contributed by atoms with E-state index in [1.807, 2.05) is 43.3 Å². The number of nitrogens with one attached hydrogen (secondary N) is 1. The van der Waals surface area contributed by atoms with Crippen LogP contribution in [-0.2, 0) is 15.0 Å². The molecule has 4 heteroatoms. The summed E-state index contributed by atoms with van der Waals surface area (Å²) < 4.78 is 0. The molecule has 0 aromatic heterocycles. The number of benzene rings is 2. The number of anilines is 2. The summed E-state index contributed by atoms with van der Waals surface area (Å²) in [5.41, 5.74) is 4.87. The molecule has 2 aromatic carbocycles. The quantitative estimate of drug-likeness (QED) is 0.734. The van der Waals surface area contributed by atoms with Gasteiger partial charge >= 0.3 is 0 Å². The molecule has 0 saturated heterocycles. The van der Waals surface area contributed by atoms with E-state index >= 15 is 0 Å². The molecule has 0 fully saturated rings. The van der Waals surface area contributed by atoms with Crippen molar-refractivity contribution in [1.29, 1.82) is 0 Å². The number of para-hydroxylation sites is 1. The van der Waals surface area contributed by atoms with Crippen LogP contribution >= 0.6 is 0 Å². The van der Waals surface area contributed by atoms with Crippen LogP contribution in [-0.4, -0.2) is 18.2 Å². The Morgan fingerprint density at radius 3 is 2.63 bits per heavy atom. The monoisotopic (exact) mass is 398 g/mol. The minimum absolute atomic E-state index is 0.0579. The van der Waals surface area contributed by atoms with E-state index in [1.165, 1.54) is 0 Å². The van der Waals surface area contributed by atoms with E-state index in [2.05, 4.69) is 31.8 Å². The molecule has 152 valence electrons. The van der Waals surface area contributed by atoms with E-state index in [1.54, 1.807) is 11.0 Å². The molecule has 0 bridgehead atoms. The fraction of sp³-hybridized carbons (Fsp3) is 0.308. The average molecular weight is 399 g/mol. The van der Waals surface area contributed by atoms with Crippen molar-refractivity contribution in [1.82, 2.24) is 0 Å². The number of ketones is 1. The molecule has 30 heavy (non-hydrogen) atoms. The Bertz CT molecular complexity index is 1160. The number of Topliss-reactive ketones (excluding diaryl/α,β-unsaturated/α-hetero) is 1. The predicted octanol–water partition coefficient (Wildman–Crippen LogP) is 4.88. The van der Waals surface area contributed by atoms with Crippen molar-refractivity contribution >= 4 is 23.1 Å². The first-order valence-corrected chi connectivity index (χ1v) is 10.5. The summed E-state index contributed by atoms with van der Waals surface area (Å²) in [6.45, 7) is 10.5. The lowest BCUT2D eigenvalue weighted by molar-refractivity contribution is -0.124. The average Bonchev–Trinajstić information content (AvgIpc) is 2.92. The van der Waals surface area contributed by atoms with Crippen LogP contribution in [0.3, 0.4) is 0 Å². The zero-order valence-corrected chi connectivity index (χ0v) is 17.7. The second kappa shape index (κ2) is 6.18. The lowest BCUT2D eigenvalue weighted by Gasteiger charge is -2.44. The van der Waals surface area contributed by atoms with Gasteiger partial charge in [-0.15, -0.1) is 6.58 Å². The van der Waals surface area contributed by atoms with Gasteiger partial charge in [-0.05, 0) is 30.9 Å². The zero-order chi connectivity index (χ0) is 21.3. The van der Waals surface area contributed by atoms with E-state index < -0.39 is 5.41 Å². The van der Waals surface area contributed by atoms with Crippen LogP contribution in [0.15, 0.2) is 66.4 Å². The zero-order valence-electron chi connectivity index (χ0n) is 17.7. The third-order valence-corrected chi connectivity index (χ3v) is 6.59. The molecular weight excluding hydrogens is 372 g/mol. The molecule has 0 saturated carbocycles. The van der Waals surface area contributed by atoms with E-state index in [9.17, 15) is 9.59 Å². The Hall–Kier alpha value is -3.14. The summed E-state index contributed by atoms with van der Waals surface area (Å²) >= 11 is 0. The molecule has 2 heterocycles. The van der Waals surface area contributed by atoms with Crippen LogP contribution in [0.5, 0.6) is 0 Å². The van der Waals surface area contributed by atoms with Crippen molar-refractivity contribution in [3.8, 4) is 0 Å². The molecule has 2 aliphatic heterocycles. The normalized spacial score (nSPS) is 23.8. The van der Waals surface area contributed by atoms with E-state index in [-0.39, 0.29) is 17.1 Å². The second-order valence-corrected chi connectivity index (χ2v) is 9.44. The number of allylic oxidation sites excluding steroid dienone is 1. The molecule has 1 amide bonds. The molecule has 1 spiro atoms. The van der Waals surface area contributed by atoms with Crippen LogP contribution < -0.4 is 10.2 Å². The molecule has 4 nitrogen and oxygen atoms in total. The van der Waals surface area contributed by atoms with Crippen molar-refractivity contribution in [3.63, 3.8) is 0 Å². The van der Waals surface area contributed by atoms with Crippen LogP contribution in [0.2, 0.25) is 0 Å². The number of nitrogens with zero attached hydrogens (tertiary/aromatic N) is 1. The summed E-state index contributed by atoms with van der Waals surface area (Å²) in [4.78, 5) is 29.6. The van der Waals surface area contributed by atoms with Gasteiger partial charge in [0.25, 0.3) is 0 Å². The van der Waals surface area contributed by atoms with Crippen LogP contribution in [0.25, 0.3) is 0 Å². The maximum Gasteiger partial charge on any atom is 0.247 e. The number of amides is 1. The van der Waals surface area contributed by atoms with Gasteiger partial charge in [-0.1, -0.05) is 55.8 Å². The Balaban J connectivity index is 1.90. The minimum atomic E-state index is -1.10. The molecule has 0 radical (unpaired) electrons. The Labute approximate surface area is 177 Å². The first-order valence-electron chi connectivity index (χ1n) is 10.5. The topological polar surface area (TPSA) is 49.4 Å². The molecule has 1 unspecified atom stereocenters. The number of hydrogen-bond donors (Lipinski definition) is 1. The predicted molar refractivity (Wildman–Crippen MR) is 120 cm³/mol. The smallest absolute Gasteiger partial charge is 0.247 e. The van der Waals surface area contributed by atoms with Crippen molar-refractivity contribution in [2.75, 3.05) is 16.8 Å². The minimum Gasteiger partial charge on any atom is -0.358 e. The highest BCUT2D eigenvalue weighted by Crippen LogP contribution is 2.58. The standard InChI is InChI=1S/C26H26N2O2/c1-5-12-28-21-9-7-6-8-17(21)26(24(28)30)18-13-16(2)10-11-19(18)27-20-14-25(3,4)15-22(29)23(20)26/h5-11,13,27H,1,12,14-15H2,2-4H3. The lowest BCUT2D eigenvalue weighted by atomic mass is 9.60. The molecular formula is C26H26N2O2. The van der Waals surface area contributed by atoms with Gasteiger partial charge in [0.1, 0.15) is 5.41 Å². The fourth-order valence-electron chi connectivity index (χ4n) is 5.50. The molecule has 5 rings (SSSR count). The third-order valence-electron chi connectivity index (χ3n) is 6.59. The maximum atomic E-state index is 14.2. The summed E-state index contributed by atoms with van der Waals surface area (Å²) in [5.74, 6) is 0.00187. The summed E-state index contributed by atoms with van der Waals surface area (Å²) in [6.07, 6.45) is 2.92. The highest BCUT2D eigenvalue weighted by Gasteiger charge is 2.60. The Morgan fingerprint density at radius 1 is 1.10 bits per heavy atom. The molecule has 3 aliphatic rings. The number of hydrogen-bond acceptors (Lipinski definition) is 3. The molecule has 2 aromatic rings. The molecule has 1 aliphatic carbocycles. The van der Waals surface area contributed by atoms with Gasteiger partial charge in [0.2, 0.25) is 5.91 Å². The van der Waals surface area contributed by atoms with Gasteiger partial charge < -0.3 is 10.2 Å². The van der Waals surface area contributed by atoms with Crippen molar-refractivity contribution in [3.05, 3.63) is 83.1 Å². The van der Waals surface area contributed by atoms with Crippen LogP contribution in [0.1, 0.15) is 43.4 Å². The number of carbonyl (C=O) groups is 2. The van der Waals surface area contributed by atoms with Gasteiger partial charge in [-0.3, -0.25) is 9.59 Å². The van der Waals surface area contributed by atoms with Crippen molar-refractivity contribution in [2.45, 2.75) is 39.0 Å². The SMILES string of the molecule is C=CCN1C(=O)C2(C3=C(CC(C)(C)CC3=O)Nc3ccc(C)cc32)c2ccccc21. The first-order chi connectivity index (χ1) is 14.3. The number of fused-ring (bicyclic) bond motifs is 5. The van der Waals surface area contributed by atoms with Gasteiger partial charge in [0.05, 0.1) is 0 Å². The second-order valence-electron chi connectivity index (χ2n) is 9.44. The maximum absolute atomic E-state index is 14.2. The Morgan fingerprint density at radius 2 is 1.87 bits per heavy atom. The summed E-state index contributed by atoms with van der Waals surface area (Å²) in [5, 5.41) is 3.53. The van der Waals surface area contributed by atoms with Crippen LogP contribution in [0, 0.1) is 12.3 Å². The lowest BCUT2D eigenvalue weighted by Crippen LogP contribution is -2.50. The summed E-state index contributed by atoms with van der Waals surface area (Å²) in [7, 11) is 0. The highest BCUT2D eigenvalue weighted by atomic mass is 16.2.